The van der Waals surface area contributed by atoms with Crippen LogP contribution in [0.25, 0.3) is 0 Å². The number of benzene rings is 1. The van der Waals surface area contributed by atoms with Crippen molar-refractivity contribution in [3.8, 4) is 5.75 Å². The van der Waals surface area contributed by atoms with Crippen molar-refractivity contribution < 1.29 is 9.53 Å². The third-order valence-corrected chi connectivity index (χ3v) is 3.99. The van der Waals surface area contributed by atoms with E-state index in [-0.39, 0.29) is 10.7 Å². The molecule has 0 aliphatic carbocycles. The summed E-state index contributed by atoms with van der Waals surface area (Å²) in [5.74, 6) is 0.384. The number of halogens is 1. The molecule has 0 radical (unpaired) electrons. The van der Waals surface area contributed by atoms with E-state index in [2.05, 4.69) is 0 Å². The molecule has 0 N–H and O–H groups in total. The molecule has 20 heavy (non-hydrogen) atoms. The van der Waals surface area contributed by atoms with E-state index >= 15 is 0 Å². The maximum absolute atomic E-state index is 11.6. The van der Waals surface area contributed by atoms with E-state index in [1.165, 1.54) is 18.3 Å². The Hall–Kier alpha value is -1.59. The second kappa shape index (κ2) is 6.24. The third kappa shape index (κ3) is 3.29. The zero-order valence-corrected chi connectivity index (χ0v) is 12.8. The number of ketones is 1. The molecule has 2 aromatic rings. The van der Waals surface area contributed by atoms with E-state index in [0.717, 1.165) is 5.69 Å². The van der Waals surface area contributed by atoms with Gasteiger partial charge < -0.3 is 4.74 Å². The van der Waals surface area contributed by atoms with Gasteiger partial charge in [0, 0.05) is 16.1 Å². The van der Waals surface area contributed by atoms with Crippen LogP contribution >= 0.6 is 22.9 Å². The standard InChI is InChI=1S/C14H14ClNO3S/c1-9-8-20-14(18)16(9)5-6-19-13-4-3-11(15)7-12(13)10(2)17/h3-4,7-8H,5-6H2,1-2H3. The van der Waals surface area contributed by atoms with Crippen LogP contribution in [0.2, 0.25) is 5.02 Å². The number of carbonyl (C=O) groups excluding carboxylic acids is 1. The number of hydrogen-bond donors (Lipinski definition) is 0. The van der Waals surface area contributed by atoms with Gasteiger partial charge in [-0.15, -0.1) is 0 Å². The van der Waals surface area contributed by atoms with Crippen LogP contribution in [0.15, 0.2) is 28.4 Å². The number of thiazole rings is 1. The fourth-order valence-electron chi connectivity index (χ4n) is 1.82. The molecule has 4 nitrogen and oxygen atoms in total. The topological polar surface area (TPSA) is 48.3 Å². The van der Waals surface area contributed by atoms with Crippen molar-refractivity contribution in [3.05, 3.63) is 49.5 Å². The Morgan fingerprint density at radius 3 is 2.80 bits per heavy atom. The number of Topliss-reactive ketones (excluding diaryl/α,β-unsaturated/α-hetero) is 1. The summed E-state index contributed by atoms with van der Waals surface area (Å²) in [4.78, 5) is 23.1. The van der Waals surface area contributed by atoms with Crippen molar-refractivity contribution in [1.29, 1.82) is 0 Å². The van der Waals surface area contributed by atoms with Crippen molar-refractivity contribution in [2.75, 3.05) is 6.61 Å². The van der Waals surface area contributed by atoms with Crippen molar-refractivity contribution >= 4 is 28.7 Å². The molecule has 2 rings (SSSR count). The molecule has 1 heterocycles. The van der Waals surface area contributed by atoms with Crippen molar-refractivity contribution in [3.63, 3.8) is 0 Å². The Balaban J connectivity index is 2.08. The van der Waals surface area contributed by atoms with E-state index in [4.69, 9.17) is 16.3 Å². The highest BCUT2D eigenvalue weighted by atomic mass is 35.5. The first-order valence-corrected chi connectivity index (χ1v) is 7.33. The van der Waals surface area contributed by atoms with Crippen molar-refractivity contribution in [2.45, 2.75) is 20.4 Å². The number of aromatic nitrogens is 1. The van der Waals surface area contributed by atoms with Gasteiger partial charge in [-0.25, -0.2) is 0 Å². The molecule has 1 aromatic heterocycles. The van der Waals surface area contributed by atoms with Gasteiger partial charge in [0.25, 0.3) is 0 Å². The smallest absolute Gasteiger partial charge is 0.307 e. The lowest BCUT2D eigenvalue weighted by molar-refractivity contribution is 0.101. The largest absolute Gasteiger partial charge is 0.491 e. The van der Waals surface area contributed by atoms with Gasteiger partial charge >= 0.3 is 4.87 Å². The summed E-state index contributed by atoms with van der Waals surface area (Å²) >= 11 is 7.03. The van der Waals surface area contributed by atoms with Crippen LogP contribution in [0.1, 0.15) is 23.0 Å². The minimum absolute atomic E-state index is 0.00556. The first-order chi connectivity index (χ1) is 9.49. The minimum Gasteiger partial charge on any atom is -0.491 e. The lowest BCUT2D eigenvalue weighted by Crippen LogP contribution is -2.19. The number of hydrogen-bond acceptors (Lipinski definition) is 4. The molecule has 0 unspecified atom stereocenters. The molecule has 1 aromatic carbocycles. The molecular weight excluding hydrogens is 298 g/mol. The number of ether oxygens (including phenoxy) is 1. The SMILES string of the molecule is CC(=O)c1cc(Cl)ccc1OCCn1c(C)csc1=O. The maximum Gasteiger partial charge on any atom is 0.307 e. The molecule has 106 valence electrons. The predicted octanol–water partition coefficient (Wildman–Crippen LogP) is 3.15. The Kier molecular flexibility index (Phi) is 4.62. The summed E-state index contributed by atoms with van der Waals surface area (Å²) < 4.78 is 7.25. The van der Waals surface area contributed by atoms with Crippen LogP contribution in [-0.2, 0) is 6.54 Å². The van der Waals surface area contributed by atoms with E-state index in [1.807, 2.05) is 12.3 Å². The van der Waals surface area contributed by atoms with Crippen LogP contribution in [0.5, 0.6) is 5.75 Å². The summed E-state index contributed by atoms with van der Waals surface area (Å²) in [7, 11) is 0. The van der Waals surface area contributed by atoms with Crippen LogP contribution < -0.4 is 9.61 Å². The highest BCUT2D eigenvalue weighted by Gasteiger charge is 2.10. The van der Waals surface area contributed by atoms with Crippen molar-refractivity contribution in [2.24, 2.45) is 0 Å². The molecule has 0 saturated carbocycles. The zero-order chi connectivity index (χ0) is 14.7. The van der Waals surface area contributed by atoms with Gasteiger partial charge in [0.15, 0.2) is 5.78 Å². The van der Waals surface area contributed by atoms with E-state index < -0.39 is 0 Å². The molecular formula is C14H14ClNO3S. The van der Waals surface area contributed by atoms with E-state index in [9.17, 15) is 9.59 Å². The summed E-state index contributed by atoms with van der Waals surface area (Å²) in [6, 6.07) is 4.93. The summed E-state index contributed by atoms with van der Waals surface area (Å²) in [6.45, 7) is 4.11. The second-order valence-electron chi connectivity index (χ2n) is 4.34. The fourth-order valence-corrected chi connectivity index (χ4v) is 2.76. The second-order valence-corrected chi connectivity index (χ2v) is 5.60. The van der Waals surface area contributed by atoms with Crippen LogP contribution in [0, 0.1) is 6.92 Å². The average Bonchev–Trinajstić information content (AvgIpc) is 2.71. The van der Waals surface area contributed by atoms with Crippen LogP contribution in [-0.4, -0.2) is 17.0 Å². The predicted molar refractivity (Wildman–Crippen MR) is 80.3 cm³/mol. The van der Waals surface area contributed by atoms with Gasteiger partial charge in [-0.2, -0.15) is 0 Å². The summed E-state index contributed by atoms with van der Waals surface area (Å²) in [5.41, 5.74) is 1.36. The zero-order valence-electron chi connectivity index (χ0n) is 11.2. The Labute approximate surface area is 125 Å². The van der Waals surface area contributed by atoms with Gasteiger partial charge in [0.05, 0.1) is 12.1 Å². The Morgan fingerprint density at radius 1 is 1.45 bits per heavy atom. The third-order valence-electron chi connectivity index (χ3n) is 2.87. The normalized spacial score (nSPS) is 10.6. The molecule has 0 aliphatic heterocycles. The van der Waals surface area contributed by atoms with Crippen molar-refractivity contribution in [1.82, 2.24) is 4.57 Å². The quantitative estimate of drug-likeness (QED) is 0.797. The number of rotatable bonds is 5. The maximum atomic E-state index is 11.6. The molecule has 0 amide bonds. The number of nitrogens with zero attached hydrogens (tertiary/aromatic N) is 1. The van der Waals surface area contributed by atoms with E-state index in [1.54, 1.807) is 22.8 Å². The van der Waals surface area contributed by atoms with E-state index in [0.29, 0.717) is 29.5 Å². The molecule has 6 heteroatoms. The number of carbonyl (C=O) groups is 1. The lowest BCUT2D eigenvalue weighted by Gasteiger charge is -2.11. The summed E-state index contributed by atoms with van der Waals surface area (Å²) in [6.07, 6.45) is 0. The number of aryl methyl sites for hydroxylation is 1. The van der Waals surface area contributed by atoms with Gasteiger partial charge in [-0.05, 0) is 32.0 Å². The van der Waals surface area contributed by atoms with Gasteiger partial charge in [-0.3, -0.25) is 14.2 Å². The highest BCUT2D eigenvalue weighted by Crippen LogP contribution is 2.23. The average molecular weight is 312 g/mol. The Morgan fingerprint density at radius 2 is 2.20 bits per heavy atom. The van der Waals surface area contributed by atoms with Gasteiger partial charge in [0.1, 0.15) is 12.4 Å². The molecule has 0 spiro atoms. The molecule has 0 fully saturated rings. The molecule has 0 aliphatic rings. The lowest BCUT2D eigenvalue weighted by atomic mass is 10.1. The molecule has 0 saturated heterocycles. The molecule has 0 bridgehead atoms. The molecule has 0 atom stereocenters. The monoisotopic (exact) mass is 311 g/mol. The van der Waals surface area contributed by atoms with Gasteiger partial charge in [-0.1, -0.05) is 22.9 Å². The minimum atomic E-state index is -0.105. The Bertz CT molecular complexity index is 690. The van der Waals surface area contributed by atoms with Crippen LogP contribution in [0.4, 0.5) is 0 Å². The van der Waals surface area contributed by atoms with Crippen LogP contribution in [0.3, 0.4) is 0 Å². The van der Waals surface area contributed by atoms with Gasteiger partial charge in [0.2, 0.25) is 0 Å². The summed E-state index contributed by atoms with van der Waals surface area (Å²) in [5, 5.41) is 2.30. The fraction of sp³-hybridized carbons (Fsp3) is 0.286. The first-order valence-electron chi connectivity index (χ1n) is 6.07. The first kappa shape index (κ1) is 14.8. The highest BCUT2D eigenvalue weighted by molar-refractivity contribution is 7.07.